The van der Waals surface area contributed by atoms with E-state index in [0.29, 0.717) is 11.8 Å². The second-order valence-corrected chi connectivity index (χ2v) is 6.42. The standard InChI is InChI=1S/C8H17N3.C8H14.C2H6/c1-2-10-3-7-5-11(9)6-8(7)4-10;1-7(2)5-6-8(3)4;1-2/h7-8H,2-6,9H2,1H3;7-8H,1-4H3;1-2H3. The zero-order valence-electron chi connectivity index (χ0n) is 15.3. The predicted molar refractivity (Wildman–Crippen MR) is 93.7 cm³/mol. The zero-order valence-corrected chi connectivity index (χ0v) is 15.3. The molecule has 0 saturated carbocycles. The van der Waals surface area contributed by atoms with Crippen molar-refractivity contribution in [3.8, 4) is 11.8 Å². The van der Waals surface area contributed by atoms with E-state index in [1.165, 1.54) is 19.6 Å². The molecule has 21 heavy (non-hydrogen) atoms. The van der Waals surface area contributed by atoms with Crippen LogP contribution in [0.1, 0.15) is 48.5 Å². The number of nitrogens with two attached hydrogens (primary N) is 1. The molecule has 2 N–H and O–H groups in total. The van der Waals surface area contributed by atoms with E-state index in [1.807, 2.05) is 18.9 Å². The lowest BCUT2D eigenvalue weighted by atomic mass is 10.0. The normalized spacial score (nSPS) is 24.7. The Labute approximate surface area is 133 Å². The molecule has 2 aliphatic rings. The summed E-state index contributed by atoms with van der Waals surface area (Å²) in [6, 6.07) is 0. The number of nitrogens with zero attached hydrogens (tertiary/aromatic N) is 2. The molecule has 2 aliphatic heterocycles. The van der Waals surface area contributed by atoms with Gasteiger partial charge in [-0.25, -0.2) is 5.01 Å². The molecule has 3 heteroatoms. The van der Waals surface area contributed by atoms with Crippen LogP contribution < -0.4 is 5.84 Å². The molecule has 0 aliphatic carbocycles. The van der Waals surface area contributed by atoms with Crippen molar-refractivity contribution in [2.75, 3.05) is 32.7 Å². The number of hydrogen-bond acceptors (Lipinski definition) is 3. The van der Waals surface area contributed by atoms with Gasteiger partial charge in [-0.05, 0) is 18.4 Å². The van der Waals surface area contributed by atoms with Crippen molar-refractivity contribution in [1.82, 2.24) is 9.91 Å². The van der Waals surface area contributed by atoms with Gasteiger partial charge in [-0.2, -0.15) is 0 Å². The number of likely N-dealkylation sites (tertiary alicyclic amines) is 1. The van der Waals surface area contributed by atoms with Crippen LogP contribution in [0.4, 0.5) is 0 Å². The van der Waals surface area contributed by atoms with E-state index in [1.54, 1.807) is 0 Å². The summed E-state index contributed by atoms with van der Waals surface area (Å²) in [4.78, 5) is 2.53. The van der Waals surface area contributed by atoms with Crippen molar-refractivity contribution in [3.05, 3.63) is 0 Å². The molecule has 2 unspecified atom stereocenters. The molecule has 0 radical (unpaired) electrons. The van der Waals surface area contributed by atoms with Gasteiger partial charge in [-0.1, -0.05) is 48.5 Å². The summed E-state index contributed by atoms with van der Waals surface area (Å²) in [5.41, 5.74) is 0. The van der Waals surface area contributed by atoms with Crippen LogP contribution in [0.3, 0.4) is 0 Å². The first-order valence-corrected chi connectivity index (χ1v) is 8.65. The summed E-state index contributed by atoms with van der Waals surface area (Å²) in [5, 5.41) is 1.97. The van der Waals surface area contributed by atoms with Crippen LogP contribution in [0.5, 0.6) is 0 Å². The molecule has 0 spiro atoms. The zero-order chi connectivity index (χ0) is 16.4. The highest BCUT2D eigenvalue weighted by Crippen LogP contribution is 2.28. The molecule has 0 aromatic carbocycles. The van der Waals surface area contributed by atoms with Crippen LogP contribution in [-0.4, -0.2) is 42.6 Å². The van der Waals surface area contributed by atoms with Gasteiger partial charge in [0.1, 0.15) is 0 Å². The molecule has 0 amide bonds. The second kappa shape index (κ2) is 11.1. The smallest absolute Gasteiger partial charge is 0.0172 e. The van der Waals surface area contributed by atoms with Gasteiger partial charge in [0.25, 0.3) is 0 Å². The fraction of sp³-hybridized carbons (Fsp3) is 0.889. The average molecular weight is 296 g/mol. The number of rotatable bonds is 1. The SMILES string of the molecule is CC.CC(C)C#CC(C)C.CCN1CC2CN(N)CC2C1. The molecule has 0 bridgehead atoms. The van der Waals surface area contributed by atoms with Crippen LogP contribution in [0.25, 0.3) is 0 Å². The Morgan fingerprint density at radius 2 is 1.29 bits per heavy atom. The average Bonchev–Trinajstić information content (AvgIpc) is 2.96. The van der Waals surface area contributed by atoms with Gasteiger partial charge < -0.3 is 4.90 Å². The first-order valence-electron chi connectivity index (χ1n) is 8.65. The summed E-state index contributed by atoms with van der Waals surface area (Å²) in [5.74, 6) is 14.7. The molecule has 0 aromatic heterocycles. The Kier molecular flexibility index (Phi) is 10.8. The maximum Gasteiger partial charge on any atom is 0.0172 e. The maximum atomic E-state index is 5.73. The highest BCUT2D eigenvalue weighted by Gasteiger charge is 2.38. The molecule has 3 nitrogen and oxygen atoms in total. The fourth-order valence-corrected chi connectivity index (χ4v) is 2.72. The van der Waals surface area contributed by atoms with Crippen molar-refractivity contribution in [2.45, 2.75) is 48.5 Å². The minimum Gasteiger partial charge on any atom is -0.303 e. The molecule has 0 aromatic rings. The van der Waals surface area contributed by atoms with Crippen LogP contribution in [0, 0.1) is 35.5 Å². The van der Waals surface area contributed by atoms with Crippen molar-refractivity contribution < 1.29 is 0 Å². The van der Waals surface area contributed by atoms with Crippen molar-refractivity contribution >= 4 is 0 Å². The molecular weight excluding hydrogens is 258 g/mol. The van der Waals surface area contributed by atoms with Gasteiger partial charge in [0.2, 0.25) is 0 Å². The van der Waals surface area contributed by atoms with Crippen molar-refractivity contribution in [3.63, 3.8) is 0 Å². The lowest BCUT2D eigenvalue weighted by Crippen LogP contribution is -2.33. The van der Waals surface area contributed by atoms with Gasteiger partial charge in [-0.15, -0.1) is 11.8 Å². The second-order valence-electron chi connectivity index (χ2n) is 6.42. The van der Waals surface area contributed by atoms with Gasteiger partial charge >= 0.3 is 0 Å². The minimum absolute atomic E-state index is 0.525. The molecule has 2 rings (SSSR count). The monoisotopic (exact) mass is 295 g/mol. The molecule has 124 valence electrons. The lowest BCUT2D eigenvalue weighted by Gasteiger charge is -2.15. The van der Waals surface area contributed by atoms with Crippen LogP contribution in [-0.2, 0) is 0 Å². The van der Waals surface area contributed by atoms with E-state index in [0.717, 1.165) is 24.9 Å². The van der Waals surface area contributed by atoms with E-state index in [4.69, 9.17) is 5.84 Å². The number of hydrazine groups is 1. The summed E-state index contributed by atoms with van der Waals surface area (Å²) in [6.07, 6.45) is 0. The van der Waals surface area contributed by atoms with Crippen LogP contribution >= 0.6 is 0 Å². The summed E-state index contributed by atoms with van der Waals surface area (Å²) < 4.78 is 0. The minimum atomic E-state index is 0.525. The van der Waals surface area contributed by atoms with Crippen molar-refractivity contribution in [1.29, 1.82) is 0 Å². The Bertz CT molecular complexity index is 288. The van der Waals surface area contributed by atoms with E-state index < -0.39 is 0 Å². The summed E-state index contributed by atoms with van der Waals surface area (Å²) in [7, 11) is 0. The topological polar surface area (TPSA) is 32.5 Å². The quantitative estimate of drug-likeness (QED) is 0.596. The number of fused-ring (bicyclic) bond motifs is 1. The first-order chi connectivity index (χ1) is 9.92. The maximum absolute atomic E-state index is 5.73. The van der Waals surface area contributed by atoms with Gasteiger partial charge in [-0.3, -0.25) is 5.84 Å². The highest BCUT2D eigenvalue weighted by molar-refractivity contribution is 5.03. The Morgan fingerprint density at radius 3 is 1.57 bits per heavy atom. The Hall–Kier alpha value is -0.560. The molecule has 2 fully saturated rings. The molecule has 2 heterocycles. The summed E-state index contributed by atoms with van der Waals surface area (Å²) >= 11 is 0. The van der Waals surface area contributed by atoms with E-state index in [-0.39, 0.29) is 0 Å². The van der Waals surface area contributed by atoms with Gasteiger partial charge in [0.15, 0.2) is 0 Å². The Morgan fingerprint density at radius 1 is 0.905 bits per heavy atom. The number of hydrogen-bond donors (Lipinski definition) is 1. The third-order valence-corrected chi connectivity index (χ3v) is 3.70. The largest absolute Gasteiger partial charge is 0.303 e. The third-order valence-electron chi connectivity index (χ3n) is 3.70. The van der Waals surface area contributed by atoms with Crippen molar-refractivity contribution in [2.24, 2.45) is 29.5 Å². The lowest BCUT2D eigenvalue weighted by molar-refractivity contribution is 0.267. The van der Waals surface area contributed by atoms with E-state index in [9.17, 15) is 0 Å². The highest BCUT2D eigenvalue weighted by atomic mass is 15.4. The van der Waals surface area contributed by atoms with Crippen LogP contribution in [0.2, 0.25) is 0 Å². The third kappa shape index (κ3) is 8.46. The Balaban J connectivity index is 0.000000358. The first kappa shape index (κ1) is 20.4. The van der Waals surface area contributed by atoms with E-state index in [2.05, 4.69) is 51.4 Å². The fourth-order valence-electron chi connectivity index (χ4n) is 2.72. The predicted octanol–water partition coefficient (Wildman–Crippen LogP) is 3.07. The molecule has 2 atom stereocenters. The van der Waals surface area contributed by atoms with Gasteiger partial charge in [0, 0.05) is 38.0 Å². The van der Waals surface area contributed by atoms with Gasteiger partial charge in [0.05, 0.1) is 0 Å². The van der Waals surface area contributed by atoms with E-state index >= 15 is 0 Å². The van der Waals surface area contributed by atoms with Crippen LogP contribution in [0.15, 0.2) is 0 Å². The molecular formula is C18H37N3. The summed E-state index contributed by atoms with van der Waals surface area (Å²) in [6.45, 7) is 20.6. The molecule has 2 saturated heterocycles.